The molecule has 0 spiro atoms. The summed E-state index contributed by atoms with van der Waals surface area (Å²) in [5, 5.41) is 3.77. The van der Waals surface area contributed by atoms with Crippen molar-refractivity contribution in [2.75, 3.05) is 19.9 Å². The van der Waals surface area contributed by atoms with E-state index in [2.05, 4.69) is 16.4 Å². The van der Waals surface area contributed by atoms with Crippen molar-refractivity contribution in [3.63, 3.8) is 0 Å². The predicted octanol–water partition coefficient (Wildman–Crippen LogP) is 4.32. The Morgan fingerprint density at radius 3 is 2.94 bits per heavy atom. The molecule has 3 aromatic rings. The molecule has 1 N–H and O–H groups in total. The van der Waals surface area contributed by atoms with Gasteiger partial charge in [0.1, 0.15) is 17.3 Å². The molecule has 36 heavy (non-hydrogen) atoms. The number of hydrogen-bond acceptors (Lipinski definition) is 6. The van der Waals surface area contributed by atoms with E-state index in [1.54, 1.807) is 0 Å². The fraction of sp³-hybridized carbons (Fsp3) is 0.370. The van der Waals surface area contributed by atoms with Crippen LogP contribution in [0, 0.1) is 31.5 Å². The number of piperidine rings is 1. The molecule has 7 nitrogen and oxygen atoms in total. The van der Waals surface area contributed by atoms with Crippen LogP contribution in [0.3, 0.4) is 0 Å². The number of carbonyl (C=O) groups is 2. The van der Waals surface area contributed by atoms with Gasteiger partial charge in [0.2, 0.25) is 0 Å². The summed E-state index contributed by atoms with van der Waals surface area (Å²) in [6, 6.07) is 10.4. The van der Waals surface area contributed by atoms with Gasteiger partial charge in [-0.3, -0.25) is 9.59 Å². The zero-order valence-electron chi connectivity index (χ0n) is 20.0. The van der Waals surface area contributed by atoms with E-state index >= 15 is 0 Å². The number of nitrogens with zero attached hydrogens (tertiary/aromatic N) is 2. The minimum Gasteiger partial charge on any atom is -0.466 e. The van der Waals surface area contributed by atoms with Crippen LogP contribution in [-0.2, 0) is 11.3 Å². The molecule has 2 aromatic carbocycles. The molecule has 3 aliphatic rings. The molecule has 1 saturated carbocycles. The monoisotopic (exact) mass is 507 g/mol. The molecule has 0 unspecified atom stereocenters. The van der Waals surface area contributed by atoms with Gasteiger partial charge >= 0.3 is 0 Å². The van der Waals surface area contributed by atoms with Gasteiger partial charge in [-0.15, -0.1) is 11.3 Å². The van der Waals surface area contributed by atoms with Gasteiger partial charge < -0.3 is 19.7 Å². The van der Waals surface area contributed by atoms with E-state index in [9.17, 15) is 14.0 Å². The van der Waals surface area contributed by atoms with Gasteiger partial charge in [-0.05, 0) is 49.8 Å². The van der Waals surface area contributed by atoms with Crippen LogP contribution in [0.5, 0.6) is 5.75 Å². The summed E-state index contributed by atoms with van der Waals surface area (Å²) in [6.07, 6.45) is 1.04. The van der Waals surface area contributed by atoms with Gasteiger partial charge in [0.15, 0.2) is 6.79 Å². The number of amides is 2. The number of thiazole rings is 1. The Bertz CT molecular complexity index is 1370. The lowest BCUT2D eigenvalue weighted by atomic mass is 10.1. The highest BCUT2D eigenvalue weighted by Gasteiger charge is 2.54. The Balaban J connectivity index is 1.22. The highest BCUT2D eigenvalue weighted by atomic mass is 32.1. The Kier molecular flexibility index (Phi) is 5.76. The number of nitrogens with one attached hydrogen (secondary N) is 1. The summed E-state index contributed by atoms with van der Waals surface area (Å²) in [4.78, 5) is 34.1. The number of ether oxygens (including phenoxy) is 2. The number of halogens is 1. The van der Waals surface area contributed by atoms with E-state index in [-0.39, 0.29) is 37.5 Å². The van der Waals surface area contributed by atoms with Gasteiger partial charge in [-0.1, -0.05) is 29.8 Å². The molecule has 3 atom stereocenters. The quantitative estimate of drug-likeness (QED) is 0.556. The average molecular weight is 508 g/mol. The second-order valence-electron chi connectivity index (χ2n) is 9.73. The highest BCUT2D eigenvalue weighted by molar-refractivity contribution is 7.15. The van der Waals surface area contributed by atoms with E-state index in [1.165, 1.54) is 23.5 Å². The van der Waals surface area contributed by atoms with E-state index < -0.39 is 11.7 Å². The maximum absolute atomic E-state index is 14.1. The lowest BCUT2D eigenvalue weighted by Gasteiger charge is -2.28. The van der Waals surface area contributed by atoms with Crippen molar-refractivity contribution in [3.8, 4) is 16.2 Å². The Labute approximate surface area is 212 Å². The molecule has 3 heterocycles. The van der Waals surface area contributed by atoms with Gasteiger partial charge in [0.05, 0.1) is 28.1 Å². The van der Waals surface area contributed by atoms with E-state index in [0.717, 1.165) is 27.4 Å². The van der Waals surface area contributed by atoms with Crippen LogP contribution in [0.2, 0.25) is 0 Å². The summed E-state index contributed by atoms with van der Waals surface area (Å²) < 4.78 is 24.8. The number of aryl methyl sites for hydroxylation is 2. The zero-order valence-corrected chi connectivity index (χ0v) is 20.9. The standard InChI is InChI=1S/C27H26FN3O4S/c1-14-4-3-5-16(6-14)25-23(30-15(2)36-25)27(33)31-11-17-8-20(17)22(31)10-29-26(32)21-9-19(28)7-18-12-34-13-35-24(18)21/h3-7,9,17,20,22H,8,10-13H2,1-2H3,(H,29,32)/t17-,20-,22-/m1/s1. The van der Waals surface area contributed by atoms with Crippen molar-refractivity contribution in [2.45, 2.75) is 32.9 Å². The first-order valence-corrected chi connectivity index (χ1v) is 12.9. The molecule has 0 radical (unpaired) electrons. The van der Waals surface area contributed by atoms with Crippen molar-refractivity contribution in [1.82, 2.24) is 15.2 Å². The van der Waals surface area contributed by atoms with Crippen molar-refractivity contribution in [3.05, 3.63) is 69.6 Å². The smallest absolute Gasteiger partial charge is 0.274 e. The van der Waals surface area contributed by atoms with Crippen LogP contribution in [0.4, 0.5) is 4.39 Å². The van der Waals surface area contributed by atoms with Gasteiger partial charge in [-0.2, -0.15) is 0 Å². The van der Waals surface area contributed by atoms with Gasteiger partial charge in [-0.25, -0.2) is 9.37 Å². The normalized spacial score (nSPS) is 22.0. The number of fused-ring (bicyclic) bond motifs is 2. The second kappa shape index (κ2) is 8.97. The lowest BCUT2D eigenvalue weighted by Crippen LogP contribution is -2.46. The topological polar surface area (TPSA) is 80.8 Å². The van der Waals surface area contributed by atoms with Crippen LogP contribution in [0.15, 0.2) is 36.4 Å². The molecule has 1 aromatic heterocycles. The molecule has 0 bridgehead atoms. The number of likely N-dealkylation sites (tertiary alicyclic amines) is 1. The number of rotatable bonds is 5. The summed E-state index contributed by atoms with van der Waals surface area (Å²) >= 11 is 1.52. The van der Waals surface area contributed by atoms with E-state index in [4.69, 9.17) is 9.47 Å². The predicted molar refractivity (Wildman–Crippen MR) is 132 cm³/mol. The summed E-state index contributed by atoms with van der Waals surface area (Å²) in [6.45, 7) is 5.09. The van der Waals surface area contributed by atoms with Crippen molar-refractivity contribution < 1.29 is 23.5 Å². The van der Waals surface area contributed by atoms with Crippen LogP contribution >= 0.6 is 11.3 Å². The number of aromatic nitrogens is 1. The van der Waals surface area contributed by atoms with Crippen LogP contribution < -0.4 is 10.1 Å². The average Bonchev–Trinajstić information content (AvgIpc) is 3.38. The summed E-state index contributed by atoms with van der Waals surface area (Å²) in [7, 11) is 0. The van der Waals surface area contributed by atoms with E-state index in [0.29, 0.717) is 35.4 Å². The third kappa shape index (κ3) is 4.16. The first kappa shape index (κ1) is 23.1. The van der Waals surface area contributed by atoms with Crippen LogP contribution in [0.1, 0.15) is 43.4 Å². The van der Waals surface area contributed by atoms with Gasteiger partial charge in [0.25, 0.3) is 11.8 Å². The van der Waals surface area contributed by atoms with Crippen molar-refractivity contribution >= 4 is 23.2 Å². The number of hydrogen-bond donors (Lipinski definition) is 1. The largest absolute Gasteiger partial charge is 0.466 e. The summed E-state index contributed by atoms with van der Waals surface area (Å²) in [5.41, 5.74) is 3.23. The minimum atomic E-state index is -0.518. The molecule has 186 valence electrons. The molecule has 1 aliphatic carbocycles. The maximum atomic E-state index is 14.1. The van der Waals surface area contributed by atoms with Crippen molar-refractivity contribution in [1.29, 1.82) is 0 Å². The number of benzene rings is 2. The first-order chi connectivity index (χ1) is 17.4. The maximum Gasteiger partial charge on any atom is 0.274 e. The second-order valence-corrected chi connectivity index (χ2v) is 10.9. The molecule has 9 heteroatoms. The summed E-state index contributed by atoms with van der Waals surface area (Å²) in [5.74, 6) is 0.1000. The Hall–Kier alpha value is -3.30. The molecule has 6 rings (SSSR count). The first-order valence-electron chi connectivity index (χ1n) is 12.1. The molecule has 2 aliphatic heterocycles. The highest BCUT2D eigenvalue weighted by Crippen LogP contribution is 2.50. The SMILES string of the molecule is Cc1cccc(-c2sc(C)nc2C(=O)N2C[C@H]3C[C@H]3[C@H]2CNC(=O)c2cc(F)cc3c2OCOC3)c1. The number of carbonyl (C=O) groups excluding carboxylic acids is 2. The fourth-order valence-electron chi connectivity index (χ4n) is 5.40. The van der Waals surface area contributed by atoms with E-state index in [1.807, 2.05) is 36.9 Å². The van der Waals surface area contributed by atoms with Crippen LogP contribution in [0.25, 0.3) is 10.4 Å². The minimum absolute atomic E-state index is 0.0178. The molecular formula is C27H26FN3O4S. The third-order valence-electron chi connectivity index (χ3n) is 7.17. The zero-order chi connectivity index (χ0) is 25.0. The molecule has 1 saturated heterocycles. The molecule has 2 amide bonds. The van der Waals surface area contributed by atoms with Crippen molar-refractivity contribution in [2.24, 2.45) is 11.8 Å². The van der Waals surface area contributed by atoms with Crippen LogP contribution in [-0.4, -0.2) is 47.6 Å². The molecule has 2 fully saturated rings. The van der Waals surface area contributed by atoms with Gasteiger partial charge in [0, 0.05) is 18.7 Å². The molecular weight excluding hydrogens is 481 g/mol. The fourth-order valence-corrected chi connectivity index (χ4v) is 6.30. The Morgan fingerprint density at radius 2 is 2.11 bits per heavy atom. The lowest BCUT2D eigenvalue weighted by molar-refractivity contribution is -0.0170. The third-order valence-corrected chi connectivity index (χ3v) is 8.19. The Morgan fingerprint density at radius 1 is 1.25 bits per heavy atom.